The highest BCUT2D eigenvalue weighted by atomic mass is 35.5. The summed E-state index contributed by atoms with van der Waals surface area (Å²) in [7, 11) is 0. The predicted molar refractivity (Wildman–Crippen MR) is 40.6 cm³/mol. The van der Waals surface area contributed by atoms with Crippen LogP contribution in [0.2, 0.25) is 5.02 Å². The zero-order valence-corrected chi connectivity index (χ0v) is 7.07. The van der Waals surface area contributed by atoms with Gasteiger partial charge in [-0.1, -0.05) is 16.8 Å². The third-order valence-electron chi connectivity index (χ3n) is 0.975. The summed E-state index contributed by atoms with van der Waals surface area (Å²) >= 11 is 3.42. The summed E-state index contributed by atoms with van der Waals surface area (Å²) in [6.07, 6.45) is 0. The molecule has 1 aromatic rings. The number of halogens is 1. The molecule has 1 unspecified atom stereocenters. The minimum Gasteiger partial charge on any atom is -0.358 e. The predicted octanol–water partition coefficient (Wildman–Crippen LogP) is 1.19. The average molecular weight is 197 g/mol. The minimum atomic E-state index is -2.17. The molecular formula is C4H5ClN2O3S. The standard InChI is InChI=1S/C4H5ClN2O3S/c1-2-3(5)4(6-10-2)7-11(8)9/h1H3,(H,6,7)(H,8,9). The van der Waals surface area contributed by atoms with Crippen molar-refractivity contribution in [3.63, 3.8) is 0 Å². The van der Waals surface area contributed by atoms with E-state index in [0.29, 0.717) is 5.76 Å². The number of nitrogens with one attached hydrogen (secondary N) is 1. The third kappa shape index (κ3) is 1.92. The first-order valence-electron chi connectivity index (χ1n) is 2.60. The first-order chi connectivity index (χ1) is 5.11. The second-order valence-corrected chi connectivity index (χ2v) is 2.83. The van der Waals surface area contributed by atoms with E-state index in [9.17, 15) is 4.21 Å². The zero-order chi connectivity index (χ0) is 8.43. The van der Waals surface area contributed by atoms with E-state index in [1.165, 1.54) is 0 Å². The molecule has 0 spiro atoms. The van der Waals surface area contributed by atoms with Gasteiger partial charge in [-0.25, -0.2) is 4.21 Å². The highest BCUT2D eigenvalue weighted by Crippen LogP contribution is 2.23. The maximum Gasteiger partial charge on any atom is 0.260 e. The number of aryl methyl sites for hydroxylation is 1. The summed E-state index contributed by atoms with van der Waals surface area (Å²) in [5, 5.41) is 3.60. The van der Waals surface area contributed by atoms with Gasteiger partial charge < -0.3 is 4.52 Å². The Hall–Kier alpha value is -0.590. The van der Waals surface area contributed by atoms with Crippen LogP contribution in [0.1, 0.15) is 5.76 Å². The van der Waals surface area contributed by atoms with Crippen LogP contribution in [-0.2, 0) is 11.3 Å². The Morgan fingerprint density at radius 2 is 2.45 bits per heavy atom. The first-order valence-corrected chi connectivity index (χ1v) is 4.09. The molecule has 2 N–H and O–H groups in total. The molecule has 0 fully saturated rings. The fourth-order valence-electron chi connectivity index (χ4n) is 0.507. The Balaban J connectivity index is 2.87. The molecule has 0 amide bonds. The molecule has 5 nitrogen and oxygen atoms in total. The molecule has 0 bridgehead atoms. The van der Waals surface area contributed by atoms with Crippen LogP contribution < -0.4 is 4.72 Å². The summed E-state index contributed by atoms with van der Waals surface area (Å²) in [6.45, 7) is 1.60. The van der Waals surface area contributed by atoms with Crippen molar-refractivity contribution in [1.82, 2.24) is 5.16 Å². The normalized spacial score (nSPS) is 13.0. The number of hydrogen-bond acceptors (Lipinski definition) is 3. The highest BCUT2D eigenvalue weighted by Gasteiger charge is 2.10. The molecule has 1 heterocycles. The van der Waals surface area contributed by atoms with Crippen molar-refractivity contribution in [3.05, 3.63) is 10.8 Å². The van der Waals surface area contributed by atoms with E-state index >= 15 is 0 Å². The summed E-state index contributed by atoms with van der Waals surface area (Å²) in [6, 6.07) is 0. The average Bonchev–Trinajstić information content (AvgIpc) is 2.18. The second-order valence-electron chi connectivity index (χ2n) is 1.75. The van der Waals surface area contributed by atoms with Crippen molar-refractivity contribution >= 4 is 28.7 Å². The van der Waals surface area contributed by atoms with Crippen LogP contribution in [-0.4, -0.2) is 13.9 Å². The van der Waals surface area contributed by atoms with Gasteiger partial charge in [-0.2, -0.15) is 0 Å². The Morgan fingerprint density at radius 3 is 2.82 bits per heavy atom. The second kappa shape index (κ2) is 3.21. The Kier molecular flexibility index (Phi) is 2.48. The molecule has 1 rings (SSSR count). The van der Waals surface area contributed by atoms with E-state index in [0.717, 1.165) is 0 Å². The van der Waals surface area contributed by atoms with E-state index in [4.69, 9.17) is 16.2 Å². The number of aromatic nitrogens is 1. The maximum absolute atomic E-state index is 10.2. The van der Waals surface area contributed by atoms with E-state index in [1.807, 2.05) is 0 Å². The van der Waals surface area contributed by atoms with Crippen LogP contribution in [0.15, 0.2) is 4.52 Å². The topological polar surface area (TPSA) is 75.4 Å². The van der Waals surface area contributed by atoms with Gasteiger partial charge in [0.05, 0.1) is 0 Å². The van der Waals surface area contributed by atoms with Gasteiger partial charge >= 0.3 is 0 Å². The van der Waals surface area contributed by atoms with E-state index in [2.05, 4.69) is 14.4 Å². The van der Waals surface area contributed by atoms with Crippen LogP contribution in [0.5, 0.6) is 0 Å². The van der Waals surface area contributed by atoms with Gasteiger partial charge in [-0.3, -0.25) is 9.27 Å². The SMILES string of the molecule is Cc1onc(NS(=O)O)c1Cl. The van der Waals surface area contributed by atoms with Gasteiger partial charge in [0.25, 0.3) is 11.3 Å². The number of rotatable bonds is 2. The van der Waals surface area contributed by atoms with Crippen molar-refractivity contribution < 1.29 is 13.3 Å². The lowest BCUT2D eigenvalue weighted by molar-refractivity contribution is 0.400. The number of hydrogen-bond donors (Lipinski definition) is 2. The lowest BCUT2D eigenvalue weighted by atomic mass is 10.5. The van der Waals surface area contributed by atoms with Crippen molar-refractivity contribution in [2.45, 2.75) is 6.92 Å². The van der Waals surface area contributed by atoms with Crippen LogP contribution in [0.4, 0.5) is 5.82 Å². The lowest BCUT2D eigenvalue weighted by Gasteiger charge is -1.92. The molecule has 7 heteroatoms. The third-order valence-corrected chi connectivity index (χ3v) is 1.79. The quantitative estimate of drug-likeness (QED) is 0.697. The molecule has 0 saturated carbocycles. The van der Waals surface area contributed by atoms with E-state index < -0.39 is 11.3 Å². The van der Waals surface area contributed by atoms with Gasteiger partial charge in [0, 0.05) is 0 Å². The Bertz CT molecular complexity index is 287. The van der Waals surface area contributed by atoms with Crippen LogP contribution in [0.25, 0.3) is 0 Å². The molecule has 11 heavy (non-hydrogen) atoms. The number of nitrogens with zero attached hydrogens (tertiary/aromatic N) is 1. The van der Waals surface area contributed by atoms with Crippen molar-refractivity contribution in [1.29, 1.82) is 0 Å². The number of anilines is 1. The van der Waals surface area contributed by atoms with Gasteiger partial charge in [-0.05, 0) is 6.92 Å². The van der Waals surface area contributed by atoms with Crippen LogP contribution in [0, 0.1) is 6.92 Å². The summed E-state index contributed by atoms with van der Waals surface area (Å²) in [4.78, 5) is 0. The zero-order valence-electron chi connectivity index (χ0n) is 5.50. The largest absolute Gasteiger partial charge is 0.358 e. The molecule has 0 saturated heterocycles. The van der Waals surface area contributed by atoms with Gasteiger partial charge in [0.2, 0.25) is 5.82 Å². The van der Waals surface area contributed by atoms with Crippen molar-refractivity contribution in [2.24, 2.45) is 0 Å². The molecule has 0 aromatic carbocycles. The highest BCUT2D eigenvalue weighted by molar-refractivity contribution is 7.80. The molecule has 62 valence electrons. The monoisotopic (exact) mass is 196 g/mol. The van der Waals surface area contributed by atoms with Crippen LogP contribution in [0.3, 0.4) is 0 Å². The molecular weight excluding hydrogens is 192 g/mol. The van der Waals surface area contributed by atoms with Gasteiger partial charge in [0.15, 0.2) is 5.76 Å². The van der Waals surface area contributed by atoms with Crippen molar-refractivity contribution in [2.75, 3.05) is 4.72 Å². The molecule has 0 radical (unpaired) electrons. The fraction of sp³-hybridized carbons (Fsp3) is 0.250. The smallest absolute Gasteiger partial charge is 0.260 e. The first kappa shape index (κ1) is 8.51. The Labute approximate surface area is 70.1 Å². The minimum absolute atomic E-state index is 0.0741. The molecule has 1 atom stereocenters. The molecule has 0 aliphatic carbocycles. The lowest BCUT2D eigenvalue weighted by Crippen LogP contribution is -2.02. The van der Waals surface area contributed by atoms with Crippen LogP contribution >= 0.6 is 11.6 Å². The molecule has 0 aliphatic rings. The summed E-state index contributed by atoms with van der Waals surface area (Å²) < 4.78 is 25.2. The van der Waals surface area contributed by atoms with E-state index in [1.54, 1.807) is 6.92 Å². The molecule has 1 aromatic heterocycles. The van der Waals surface area contributed by atoms with Gasteiger partial charge in [-0.15, -0.1) is 0 Å². The van der Waals surface area contributed by atoms with Crippen molar-refractivity contribution in [3.8, 4) is 0 Å². The van der Waals surface area contributed by atoms with Gasteiger partial charge in [0.1, 0.15) is 5.02 Å². The van der Waals surface area contributed by atoms with E-state index in [-0.39, 0.29) is 10.8 Å². The molecule has 0 aliphatic heterocycles. The maximum atomic E-state index is 10.2. The Morgan fingerprint density at radius 1 is 1.82 bits per heavy atom. The summed E-state index contributed by atoms with van der Waals surface area (Å²) in [5.74, 6) is 0.476. The fourth-order valence-corrected chi connectivity index (χ4v) is 0.984. The summed E-state index contributed by atoms with van der Waals surface area (Å²) in [5.41, 5.74) is 0.